The molecule has 0 fully saturated rings. The molecule has 22 heavy (non-hydrogen) atoms. The third-order valence-corrected chi connectivity index (χ3v) is 4.19. The highest BCUT2D eigenvalue weighted by Crippen LogP contribution is 2.34. The van der Waals surface area contributed by atoms with E-state index in [1.165, 1.54) is 0 Å². The molecule has 2 aromatic carbocycles. The molecule has 1 aromatic heterocycles. The summed E-state index contributed by atoms with van der Waals surface area (Å²) in [6.07, 6.45) is 1.89. The average molecular weight is 293 g/mol. The molecule has 1 radical (unpaired) electrons. The SMILES string of the molecule is CC(C)(CC[C](O)c1ccccc1)c1cc2ccccc2o1. The van der Waals surface area contributed by atoms with Crippen molar-refractivity contribution in [3.63, 3.8) is 0 Å². The Hall–Kier alpha value is -2.06. The summed E-state index contributed by atoms with van der Waals surface area (Å²) < 4.78 is 5.98. The molecule has 0 bridgehead atoms. The standard InChI is InChI=1S/C20H21O2/c1-20(2,13-12-17(21)15-8-4-3-5-9-15)19-14-16-10-6-7-11-18(16)22-19/h3-11,14,21H,12-13H2,1-2H3. The Morgan fingerprint density at radius 2 is 1.68 bits per heavy atom. The molecule has 0 aliphatic carbocycles. The molecule has 2 heteroatoms. The molecule has 113 valence electrons. The van der Waals surface area contributed by atoms with Gasteiger partial charge < -0.3 is 9.52 Å². The van der Waals surface area contributed by atoms with E-state index in [1.807, 2.05) is 48.5 Å². The van der Waals surface area contributed by atoms with Gasteiger partial charge in [0, 0.05) is 10.8 Å². The van der Waals surface area contributed by atoms with E-state index in [1.54, 1.807) is 0 Å². The zero-order valence-corrected chi connectivity index (χ0v) is 13.0. The van der Waals surface area contributed by atoms with Crippen molar-refractivity contribution >= 4 is 11.0 Å². The maximum absolute atomic E-state index is 10.3. The van der Waals surface area contributed by atoms with Crippen LogP contribution in [0.25, 0.3) is 11.0 Å². The quantitative estimate of drug-likeness (QED) is 0.679. The number of aliphatic hydroxyl groups excluding tert-OH is 1. The fourth-order valence-corrected chi connectivity index (χ4v) is 2.64. The minimum absolute atomic E-state index is 0.123. The van der Waals surface area contributed by atoms with Gasteiger partial charge in [-0.25, -0.2) is 0 Å². The summed E-state index contributed by atoms with van der Waals surface area (Å²) in [6, 6.07) is 19.9. The molecule has 0 spiro atoms. The van der Waals surface area contributed by atoms with Gasteiger partial charge in [-0.05, 0) is 30.5 Å². The number of aliphatic hydroxyl groups is 1. The van der Waals surface area contributed by atoms with E-state index in [4.69, 9.17) is 4.42 Å². The van der Waals surface area contributed by atoms with Crippen LogP contribution in [-0.4, -0.2) is 5.11 Å². The Morgan fingerprint density at radius 1 is 1.00 bits per heavy atom. The lowest BCUT2D eigenvalue weighted by Crippen LogP contribution is -2.17. The molecule has 0 aliphatic heterocycles. The Bertz CT molecular complexity index is 708. The minimum Gasteiger partial charge on any atom is -0.461 e. The molecule has 1 heterocycles. The third-order valence-electron chi connectivity index (χ3n) is 4.19. The highest BCUT2D eigenvalue weighted by atomic mass is 16.3. The second kappa shape index (κ2) is 5.98. The van der Waals surface area contributed by atoms with Gasteiger partial charge in [0.1, 0.15) is 17.4 Å². The van der Waals surface area contributed by atoms with Gasteiger partial charge >= 0.3 is 0 Å². The monoisotopic (exact) mass is 293 g/mol. The Balaban J connectivity index is 1.73. The fraction of sp³-hybridized carbons (Fsp3) is 0.250. The first-order valence-corrected chi connectivity index (χ1v) is 7.65. The van der Waals surface area contributed by atoms with Crippen LogP contribution in [0.4, 0.5) is 0 Å². The van der Waals surface area contributed by atoms with Crippen molar-refractivity contribution in [1.29, 1.82) is 0 Å². The van der Waals surface area contributed by atoms with Crippen molar-refractivity contribution in [2.75, 3.05) is 0 Å². The zero-order valence-electron chi connectivity index (χ0n) is 13.0. The minimum atomic E-state index is -0.123. The van der Waals surface area contributed by atoms with E-state index >= 15 is 0 Å². The van der Waals surface area contributed by atoms with E-state index in [0.29, 0.717) is 12.5 Å². The second-order valence-corrected chi connectivity index (χ2v) is 6.35. The van der Waals surface area contributed by atoms with Crippen LogP contribution in [0.1, 0.15) is 38.0 Å². The Morgan fingerprint density at radius 3 is 2.41 bits per heavy atom. The van der Waals surface area contributed by atoms with E-state index in [9.17, 15) is 5.11 Å². The van der Waals surface area contributed by atoms with Crippen molar-refractivity contribution in [3.05, 3.63) is 78.1 Å². The summed E-state index contributed by atoms with van der Waals surface area (Å²) in [5.74, 6) is 0.967. The van der Waals surface area contributed by atoms with Crippen LogP contribution in [0.15, 0.2) is 65.1 Å². The molecule has 0 saturated carbocycles. The van der Waals surface area contributed by atoms with Crippen molar-refractivity contribution < 1.29 is 9.52 Å². The van der Waals surface area contributed by atoms with Gasteiger partial charge in [0.15, 0.2) is 0 Å². The number of para-hydroxylation sites is 1. The van der Waals surface area contributed by atoms with Gasteiger partial charge in [-0.3, -0.25) is 0 Å². The van der Waals surface area contributed by atoms with Gasteiger partial charge in [0.25, 0.3) is 0 Å². The largest absolute Gasteiger partial charge is 0.461 e. The molecule has 0 amide bonds. The first kappa shape index (κ1) is 14.9. The highest BCUT2D eigenvalue weighted by Gasteiger charge is 2.26. The molecule has 0 aliphatic rings. The molecule has 3 aromatic rings. The molecule has 3 rings (SSSR count). The predicted molar refractivity (Wildman–Crippen MR) is 89.2 cm³/mol. The molecular formula is C20H21O2. The van der Waals surface area contributed by atoms with Gasteiger partial charge in [0.2, 0.25) is 0 Å². The van der Waals surface area contributed by atoms with E-state index in [0.717, 1.165) is 28.7 Å². The summed E-state index contributed by atoms with van der Waals surface area (Å²) in [7, 11) is 0. The van der Waals surface area contributed by atoms with Crippen molar-refractivity contribution in [2.45, 2.75) is 32.1 Å². The fourth-order valence-electron chi connectivity index (χ4n) is 2.64. The zero-order chi connectivity index (χ0) is 15.6. The molecule has 0 saturated heterocycles. The first-order chi connectivity index (χ1) is 10.6. The second-order valence-electron chi connectivity index (χ2n) is 6.35. The van der Waals surface area contributed by atoms with Gasteiger partial charge in [-0.1, -0.05) is 62.4 Å². The van der Waals surface area contributed by atoms with E-state index < -0.39 is 0 Å². The Kier molecular flexibility index (Phi) is 4.04. The average Bonchev–Trinajstić information content (AvgIpc) is 2.98. The van der Waals surface area contributed by atoms with Crippen LogP contribution in [0.5, 0.6) is 0 Å². The lowest BCUT2D eigenvalue weighted by Gasteiger charge is -2.23. The van der Waals surface area contributed by atoms with Crippen LogP contribution < -0.4 is 0 Å². The first-order valence-electron chi connectivity index (χ1n) is 7.65. The van der Waals surface area contributed by atoms with Crippen LogP contribution in [-0.2, 0) is 5.41 Å². The number of fused-ring (bicyclic) bond motifs is 1. The molecule has 0 unspecified atom stereocenters. The summed E-state index contributed by atoms with van der Waals surface area (Å²) in [5, 5.41) is 11.4. The van der Waals surface area contributed by atoms with Crippen molar-refractivity contribution in [2.24, 2.45) is 0 Å². The number of hydrogen-bond acceptors (Lipinski definition) is 2. The number of rotatable bonds is 5. The summed E-state index contributed by atoms with van der Waals surface area (Å²) >= 11 is 0. The van der Waals surface area contributed by atoms with E-state index in [2.05, 4.69) is 26.0 Å². The lowest BCUT2D eigenvalue weighted by molar-refractivity contribution is 0.280. The predicted octanol–water partition coefficient (Wildman–Crippen LogP) is 5.44. The van der Waals surface area contributed by atoms with Crippen molar-refractivity contribution in [3.8, 4) is 0 Å². The molecule has 2 nitrogen and oxygen atoms in total. The number of furan rings is 1. The number of benzene rings is 2. The van der Waals surface area contributed by atoms with E-state index in [-0.39, 0.29) is 5.41 Å². The topological polar surface area (TPSA) is 33.4 Å². The Labute approximate surface area is 131 Å². The van der Waals surface area contributed by atoms with Gasteiger partial charge in [-0.2, -0.15) is 0 Å². The van der Waals surface area contributed by atoms with Crippen LogP contribution in [0.2, 0.25) is 0 Å². The van der Waals surface area contributed by atoms with Crippen LogP contribution in [0.3, 0.4) is 0 Å². The highest BCUT2D eigenvalue weighted by molar-refractivity contribution is 5.77. The maximum atomic E-state index is 10.3. The smallest absolute Gasteiger partial charge is 0.134 e. The van der Waals surface area contributed by atoms with Gasteiger partial charge in [0.05, 0.1) is 0 Å². The van der Waals surface area contributed by atoms with Crippen LogP contribution >= 0.6 is 0 Å². The molecule has 0 atom stereocenters. The van der Waals surface area contributed by atoms with Gasteiger partial charge in [-0.15, -0.1) is 0 Å². The normalized spacial score (nSPS) is 12.2. The molecular weight excluding hydrogens is 272 g/mol. The third kappa shape index (κ3) is 3.07. The molecule has 1 N–H and O–H groups in total. The lowest BCUT2D eigenvalue weighted by atomic mass is 9.83. The van der Waals surface area contributed by atoms with Crippen molar-refractivity contribution in [1.82, 2.24) is 0 Å². The van der Waals surface area contributed by atoms with Crippen LogP contribution in [0, 0.1) is 6.10 Å². The summed E-state index contributed by atoms with van der Waals surface area (Å²) in [5.41, 5.74) is 1.69. The summed E-state index contributed by atoms with van der Waals surface area (Å²) in [4.78, 5) is 0. The summed E-state index contributed by atoms with van der Waals surface area (Å²) in [6.45, 7) is 4.31. The maximum Gasteiger partial charge on any atom is 0.134 e. The number of hydrogen-bond donors (Lipinski definition) is 1.